The Morgan fingerprint density at radius 1 is 1.14 bits per heavy atom. The first-order valence-corrected chi connectivity index (χ1v) is 10.5. The molecule has 2 aliphatic heterocycles. The van der Waals surface area contributed by atoms with Gasteiger partial charge in [0.05, 0.1) is 0 Å². The van der Waals surface area contributed by atoms with E-state index in [1.165, 1.54) is 0 Å². The molecule has 2 aromatic rings. The number of likely N-dealkylation sites (N-methyl/N-ethyl adjacent to an activating group) is 1. The largest absolute Gasteiger partial charge is 0.481 e. The monoisotopic (exact) mass is 398 g/mol. The van der Waals surface area contributed by atoms with E-state index in [1.54, 1.807) is 0 Å². The van der Waals surface area contributed by atoms with Crippen molar-refractivity contribution in [3.05, 3.63) is 36.0 Å². The molecule has 7 heteroatoms. The van der Waals surface area contributed by atoms with Crippen LogP contribution >= 0.6 is 0 Å². The van der Waals surface area contributed by atoms with Crippen molar-refractivity contribution in [1.82, 2.24) is 19.7 Å². The van der Waals surface area contributed by atoms with E-state index < -0.39 is 5.97 Å². The molecule has 7 nitrogen and oxygen atoms in total. The van der Waals surface area contributed by atoms with E-state index >= 15 is 0 Å². The fraction of sp³-hybridized carbons (Fsp3) is 0.545. The van der Waals surface area contributed by atoms with Crippen LogP contribution in [0.3, 0.4) is 0 Å². The Balaban J connectivity index is 1.47. The summed E-state index contributed by atoms with van der Waals surface area (Å²) in [5.41, 5.74) is 1.65. The lowest BCUT2D eigenvalue weighted by molar-refractivity contribution is -0.137. The first-order valence-electron chi connectivity index (χ1n) is 10.5. The number of H-pyrrole nitrogens is 1. The zero-order valence-electron chi connectivity index (χ0n) is 17.0. The molecule has 0 bridgehead atoms. The minimum Gasteiger partial charge on any atom is -0.481 e. The topological polar surface area (TPSA) is 79.9 Å². The van der Waals surface area contributed by atoms with E-state index in [0.717, 1.165) is 50.0 Å². The molecule has 3 heterocycles. The van der Waals surface area contributed by atoms with Crippen molar-refractivity contribution >= 4 is 22.8 Å². The van der Waals surface area contributed by atoms with Gasteiger partial charge in [0.15, 0.2) is 0 Å². The third-order valence-electron chi connectivity index (χ3n) is 6.52. The molecule has 2 atom stereocenters. The number of benzene rings is 1. The zero-order chi connectivity index (χ0) is 20.4. The highest BCUT2D eigenvalue weighted by Crippen LogP contribution is 2.28. The standard InChI is InChI=1S/C22H30N4O3/c1-24-10-12-25(13-11-24)20-7-9-26(15-18(20)4-5-21(27)28)22(29)17-3-2-16-6-8-23-19(16)14-17/h2-3,6,8,14,18,20,23H,4-5,7,9-13,15H2,1H3,(H,27,28)/t18-,20+/m1/s1. The van der Waals surface area contributed by atoms with Gasteiger partial charge in [-0.1, -0.05) is 6.07 Å². The summed E-state index contributed by atoms with van der Waals surface area (Å²) in [6.07, 6.45) is 3.56. The lowest BCUT2D eigenvalue weighted by atomic mass is 9.86. The number of nitrogens with zero attached hydrogens (tertiary/aromatic N) is 3. The molecule has 2 N–H and O–H groups in total. The molecule has 0 radical (unpaired) electrons. The lowest BCUT2D eigenvalue weighted by Crippen LogP contribution is -2.57. The highest BCUT2D eigenvalue weighted by Gasteiger charge is 2.36. The van der Waals surface area contributed by atoms with Crippen LogP contribution in [-0.2, 0) is 4.79 Å². The molecule has 2 fully saturated rings. The molecule has 156 valence electrons. The van der Waals surface area contributed by atoms with Gasteiger partial charge in [-0.3, -0.25) is 14.5 Å². The van der Waals surface area contributed by atoms with Crippen LogP contribution in [0.4, 0.5) is 0 Å². The number of hydrogen-bond acceptors (Lipinski definition) is 4. The summed E-state index contributed by atoms with van der Waals surface area (Å²) in [6, 6.07) is 8.12. The summed E-state index contributed by atoms with van der Waals surface area (Å²) in [5.74, 6) is -0.525. The molecule has 1 aromatic carbocycles. The van der Waals surface area contributed by atoms with E-state index in [4.69, 9.17) is 0 Å². The van der Waals surface area contributed by atoms with Crippen LogP contribution in [0.5, 0.6) is 0 Å². The summed E-state index contributed by atoms with van der Waals surface area (Å²) < 4.78 is 0. The molecule has 0 aliphatic carbocycles. The second-order valence-electron chi connectivity index (χ2n) is 8.42. The number of nitrogens with one attached hydrogen (secondary N) is 1. The molecule has 1 amide bonds. The summed E-state index contributed by atoms with van der Waals surface area (Å²) in [5, 5.41) is 10.3. The molecular formula is C22H30N4O3. The van der Waals surface area contributed by atoms with Gasteiger partial charge in [0.1, 0.15) is 0 Å². The number of piperidine rings is 1. The van der Waals surface area contributed by atoms with Crippen LogP contribution in [0.25, 0.3) is 10.9 Å². The molecule has 2 aliphatic rings. The Hall–Kier alpha value is -2.38. The predicted molar refractivity (Wildman–Crippen MR) is 112 cm³/mol. The maximum Gasteiger partial charge on any atom is 0.303 e. The van der Waals surface area contributed by atoms with Crippen LogP contribution in [0, 0.1) is 5.92 Å². The van der Waals surface area contributed by atoms with E-state index in [-0.39, 0.29) is 18.2 Å². The third kappa shape index (κ3) is 4.46. The average molecular weight is 399 g/mol. The van der Waals surface area contributed by atoms with Crippen LogP contribution in [0.1, 0.15) is 29.6 Å². The third-order valence-corrected chi connectivity index (χ3v) is 6.52. The Morgan fingerprint density at radius 3 is 2.69 bits per heavy atom. The summed E-state index contributed by atoms with van der Waals surface area (Å²) in [4.78, 5) is 34.3. The Kier molecular flexibility index (Phi) is 5.87. The highest BCUT2D eigenvalue weighted by molar-refractivity contribution is 5.98. The quantitative estimate of drug-likeness (QED) is 0.806. The Bertz CT molecular complexity index is 872. The maximum absolute atomic E-state index is 13.2. The number of amides is 1. The van der Waals surface area contributed by atoms with Crippen LogP contribution in [0.15, 0.2) is 30.5 Å². The number of aliphatic carboxylic acids is 1. The van der Waals surface area contributed by atoms with Gasteiger partial charge in [0.2, 0.25) is 0 Å². The van der Waals surface area contributed by atoms with Gasteiger partial charge in [-0.25, -0.2) is 0 Å². The number of carboxylic acid groups (broad SMARTS) is 1. The van der Waals surface area contributed by atoms with Gasteiger partial charge >= 0.3 is 5.97 Å². The molecule has 2 saturated heterocycles. The van der Waals surface area contributed by atoms with E-state index in [9.17, 15) is 14.7 Å². The molecule has 4 rings (SSSR count). The molecule has 0 saturated carbocycles. The van der Waals surface area contributed by atoms with E-state index in [1.807, 2.05) is 35.4 Å². The van der Waals surface area contributed by atoms with Crippen molar-refractivity contribution in [2.24, 2.45) is 5.92 Å². The number of piperazine rings is 1. The second-order valence-corrected chi connectivity index (χ2v) is 8.42. The van der Waals surface area contributed by atoms with Gasteiger partial charge in [0.25, 0.3) is 5.91 Å². The Labute approximate surface area is 171 Å². The summed E-state index contributed by atoms with van der Waals surface area (Å²) in [7, 11) is 2.14. The summed E-state index contributed by atoms with van der Waals surface area (Å²) >= 11 is 0. The minimum absolute atomic E-state index is 0.0404. The van der Waals surface area contributed by atoms with Gasteiger partial charge in [-0.15, -0.1) is 0 Å². The molecule has 1 aromatic heterocycles. The average Bonchev–Trinajstić information content (AvgIpc) is 3.20. The number of carbonyl (C=O) groups excluding carboxylic acids is 1. The smallest absolute Gasteiger partial charge is 0.303 e. The van der Waals surface area contributed by atoms with Crippen LogP contribution < -0.4 is 0 Å². The van der Waals surface area contributed by atoms with Crippen LogP contribution in [-0.4, -0.2) is 89.0 Å². The zero-order valence-corrected chi connectivity index (χ0v) is 17.0. The van der Waals surface area contributed by atoms with Crippen molar-refractivity contribution in [3.8, 4) is 0 Å². The van der Waals surface area contributed by atoms with Crippen molar-refractivity contribution in [2.45, 2.75) is 25.3 Å². The van der Waals surface area contributed by atoms with Gasteiger partial charge < -0.3 is 19.9 Å². The van der Waals surface area contributed by atoms with E-state index in [0.29, 0.717) is 24.6 Å². The first kappa shape index (κ1) is 19.9. The SMILES string of the molecule is CN1CCN([C@H]2CCN(C(=O)c3ccc4cc[nH]c4c3)C[C@H]2CCC(=O)O)CC1. The summed E-state index contributed by atoms with van der Waals surface area (Å²) in [6.45, 7) is 5.47. The van der Waals surface area contributed by atoms with Gasteiger partial charge in [0, 0.05) is 69.0 Å². The number of fused-ring (bicyclic) bond motifs is 1. The van der Waals surface area contributed by atoms with Crippen molar-refractivity contribution < 1.29 is 14.7 Å². The van der Waals surface area contributed by atoms with Crippen molar-refractivity contribution in [1.29, 1.82) is 0 Å². The number of aromatic amines is 1. The maximum atomic E-state index is 13.2. The Morgan fingerprint density at radius 2 is 1.93 bits per heavy atom. The molecule has 0 unspecified atom stereocenters. The molecule has 0 spiro atoms. The number of hydrogen-bond donors (Lipinski definition) is 2. The van der Waals surface area contributed by atoms with Gasteiger partial charge in [-0.05, 0) is 49.4 Å². The number of likely N-dealkylation sites (tertiary alicyclic amines) is 1. The second kappa shape index (κ2) is 8.55. The predicted octanol–water partition coefficient (Wildman–Crippen LogP) is 2.11. The lowest BCUT2D eigenvalue weighted by Gasteiger charge is -2.46. The van der Waals surface area contributed by atoms with Crippen molar-refractivity contribution in [3.63, 3.8) is 0 Å². The molecular weight excluding hydrogens is 368 g/mol. The minimum atomic E-state index is -0.761. The fourth-order valence-corrected chi connectivity index (χ4v) is 4.79. The van der Waals surface area contributed by atoms with E-state index in [2.05, 4.69) is 21.8 Å². The first-order chi connectivity index (χ1) is 14.0. The highest BCUT2D eigenvalue weighted by atomic mass is 16.4. The number of aromatic nitrogens is 1. The van der Waals surface area contributed by atoms with Crippen LogP contribution in [0.2, 0.25) is 0 Å². The van der Waals surface area contributed by atoms with Gasteiger partial charge in [-0.2, -0.15) is 0 Å². The fourth-order valence-electron chi connectivity index (χ4n) is 4.79. The number of carboxylic acids is 1. The number of rotatable bonds is 5. The van der Waals surface area contributed by atoms with Crippen molar-refractivity contribution in [2.75, 3.05) is 46.3 Å². The normalized spacial score (nSPS) is 24.1. The molecule has 29 heavy (non-hydrogen) atoms. The number of carbonyl (C=O) groups is 2.